The molecule has 1 saturated heterocycles. The average Bonchev–Trinajstić information content (AvgIpc) is 3.42. The predicted octanol–water partition coefficient (Wildman–Crippen LogP) is 2.98. The Morgan fingerprint density at radius 1 is 1.37 bits per heavy atom. The Morgan fingerprint density at radius 3 is 2.87 bits per heavy atom. The second kappa shape index (κ2) is 10.3. The second-order valence-electron chi connectivity index (χ2n) is 7.17. The van der Waals surface area contributed by atoms with E-state index in [2.05, 4.69) is 17.2 Å². The van der Waals surface area contributed by atoms with Crippen molar-refractivity contribution in [2.45, 2.75) is 32.8 Å². The molecule has 1 aromatic carbocycles. The average molecular weight is 429 g/mol. The van der Waals surface area contributed by atoms with E-state index in [0.29, 0.717) is 35.9 Å². The number of allylic oxidation sites excluding steroid dienone is 3. The van der Waals surface area contributed by atoms with Gasteiger partial charge in [-0.2, -0.15) is 0 Å². The number of nitrogens with two attached hydrogens (primary N) is 2. The fourth-order valence-electron chi connectivity index (χ4n) is 2.91. The van der Waals surface area contributed by atoms with E-state index in [1.54, 1.807) is 36.5 Å². The smallest absolute Gasteiger partial charge is 0.251 e. The lowest BCUT2D eigenvalue weighted by Crippen LogP contribution is -2.28. The summed E-state index contributed by atoms with van der Waals surface area (Å²) >= 11 is 1.61. The van der Waals surface area contributed by atoms with Crippen molar-refractivity contribution in [3.8, 4) is 16.3 Å². The fraction of sp³-hybridized carbons (Fsp3) is 0.364. The molecule has 1 aliphatic rings. The lowest BCUT2D eigenvalue weighted by atomic mass is 10.1. The molecule has 1 aromatic heterocycles. The molecule has 0 bridgehead atoms. The molecule has 0 saturated carbocycles. The minimum atomic E-state index is -0.235. The third kappa shape index (κ3) is 6.08. The first kappa shape index (κ1) is 21.9. The van der Waals surface area contributed by atoms with E-state index >= 15 is 0 Å². The van der Waals surface area contributed by atoms with Crippen molar-refractivity contribution in [3.05, 3.63) is 58.4 Å². The number of nitrogens with zero attached hydrogens (tertiary/aromatic N) is 1. The lowest BCUT2D eigenvalue weighted by molar-refractivity contribution is 0.0955. The Balaban J connectivity index is 1.82. The van der Waals surface area contributed by atoms with E-state index in [9.17, 15) is 4.79 Å². The van der Waals surface area contributed by atoms with E-state index < -0.39 is 0 Å². The van der Waals surface area contributed by atoms with E-state index in [-0.39, 0.29) is 18.6 Å². The number of rotatable bonds is 8. The van der Waals surface area contributed by atoms with Crippen LogP contribution in [0.4, 0.5) is 0 Å². The number of hydrogen-bond donors (Lipinski definition) is 3. The topological polar surface area (TPSA) is 112 Å². The summed E-state index contributed by atoms with van der Waals surface area (Å²) in [5.41, 5.74) is 14.0. The number of benzene rings is 1. The van der Waals surface area contributed by atoms with Crippen LogP contribution in [-0.2, 0) is 11.2 Å². The Bertz CT molecular complexity index is 942. The molecule has 30 heavy (non-hydrogen) atoms. The van der Waals surface area contributed by atoms with Gasteiger partial charge in [-0.05, 0) is 43.7 Å². The molecule has 8 heteroatoms. The highest BCUT2D eigenvalue weighted by molar-refractivity contribution is 7.15. The number of aryl methyl sites for hydroxylation is 1. The first-order chi connectivity index (χ1) is 14.4. The van der Waals surface area contributed by atoms with E-state index in [1.165, 1.54) is 4.88 Å². The third-order valence-electron chi connectivity index (χ3n) is 4.52. The highest BCUT2D eigenvalue weighted by atomic mass is 32.1. The fourth-order valence-corrected chi connectivity index (χ4v) is 3.75. The predicted molar refractivity (Wildman–Crippen MR) is 119 cm³/mol. The minimum absolute atomic E-state index is 0.0106. The van der Waals surface area contributed by atoms with Crippen molar-refractivity contribution in [1.82, 2.24) is 10.3 Å². The van der Waals surface area contributed by atoms with Gasteiger partial charge in [-0.25, -0.2) is 4.98 Å². The van der Waals surface area contributed by atoms with Gasteiger partial charge >= 0.3 is 0 Å². The van der Waals surface area contributed by atoms with Gasteiger partial charge in [0.25, 0.3) is 5.91 Å². The molecule has 1 amide bonds. The molecular formula is C22H28N4O3S. The maximum atomic E-state index is 12.8. The number of thiazole rings is 1. The number of nitrogens with one attached hydrogen (secondary N) is 1. The van der Waals surface area contributed by atoms with E-state index in [0.717, 1.165) is 23.4 Å². The molecule has 1 fully saturated rings. The molecule has 1 aliphatic heterocycles. The lowest BCUT2D eigenvalue weighted by Gasteiger charge is -2.14. The van der Waals surface area contributed by atoms with Crippen molar-refractivity contribution >= 4 is 17.2 Å². The normalized spacial score (nSPS) is 17.2. The molecule has 160 valence electrons. The molecule has 0 aliphatic carbocycles. The molecule has 5 N–H and O–H groups in total. The quantitative estimate of drug-likeness (QED) is 0.557. The zero-order valence-electron chi connectivity index (χ0n) is 17.3. The molecule has 3 rings (SSSR count). The van der Waals surface area contributed by atoms with Gasteiger partial charge in [-0.15, -0.1) is 11.3 Å². The summed E-state index contributed by atoms with van der Waals surface area (Å²) < 4.78 is 11.5. The molecule has 2 heterocycles. The van der Waals surface area contributed by atoms with Gasteiger partial charge in [0.15, 0.2) is 0 Å². The standard InChI is InChI=1S/C22H28N4O3S/c1-3-20-12-26-22(30-20)16-8-15(9-19(10-16)29-18-6-7-28-13-18)21(27)25-11-17(24)5-4-14(2)23/h4-5,8-10,12,18H,3,6-7,11,13,23-24H2,1-2H3,(H,25,27)/b14-4-,17-5-/t18-/m1/s1. The number of aromatic nitrogens is 1. The van der Waals surface area contributed by atoms with Crippen molar-refractivity contribution in [3.63, 3.8) is 0 Å². The molecule has 0 spiro atoms. The van der Waals surface area contributed by atoms with Crippen molar-refractivity contribution < 1.29 is 14.3 Å². The van der Waals surface area contributed by atoms with Gasteiger partial charge in [0.2, 0.25) is 0 Å². The van der Waals surface area contributed by atoms with Crippen LogP contribution in [0.1, 0.15) is 35.5 Å². The first-order valence-electron chi connectivity index (χ1n) is 9.95. The number of carbonyl (C=O) groups is 1. The molecule has 0 radical (unpaired) electrons. The minimum Gasteiger partial charge on any atom is -0.488 e. The van der Waals surface area contributed by atoms with E-state index in [4.69, 9.17) is 20.9 Å². The second-order valence-corrected chi connectivity index (χ2v) is 8.28. The van der Waals surface area contributed by atoms with Crippen LogP contribution in [0.5, 0.6) is 5.75 Å². The molecule has 2 aromatic rings. The van der Waals surface area contributed by atoms with Crippen LogP contribution in [0.25, 0.3) is 10.6 Å². The first-order valence-corrected chi connectivity index (χ1v) is 10.8. The van der Waals surface area contributed by atoms with Crippen molar-refractivity contribution in [2.24, 2.45) is 11.5 Å². The van der Waals surface area contributed by atoms with Crippen LogP contribution >= 0.6 is 11.3 Å². The van der Waals surface area contributed by atoms with Crippen LogP contribution in [0.15, 0.2) is 47.9 Å². The van der Waals surface area contributed by atoms with Crippen LogP contribution in [-0.4, -0.2) is 36.8 Å². The summed E-state index contributed by atoms with van der Waals surface area (Å²) in [6.45, 7) is 5.32. The SMILES string of the molecule is CCc1cnc(-c2cc(O[C@@H]3CCOC3)cc(C(=O)NC/C(N)=C/C=C(/C)N)c2)s1. The van der Waals surface area contributed by atoms with Crippen LogP contribution in [0.3, 0.4) is 0 Å². The van der Waals surface area contributed by atoms with Gasteiger partial charge in [-0.3, -0.25) is 4.79 Å². The maximum absolute atomic E-state index is 12.8. The highest BCUT2D eigenvalue weighted by Crippen LogP contribution is 2.31. The number of ether oxygens (including phenoxy) is 2. The third-order valence-corrected chi connectivity index (χ3v) is 5.71. The monoisotopic (exact) mass is 428 g/mol. The van der Waals surface area contributed by atoms with Crippen LogP contribution in [0, 0.1) is 0 Å². The Kier molecular flexibility index (Phi) is 7.48. The van der Waals surface area contributed by atoms with Crippen LogP contribution in [0.2, 0.25) is 0 Å². The van der Waals surface area contributed by atoms with Crippen LogP contribution < -0.4 is 21.5 Å². The van der Waals surface area contributed by atoms with Crippen molar-refractivity contribution in [1.29, 1.82) is 0 Å². The van der Waals surface area contributed by atoms with Gasteiger partial charge in [-0.1, -0.05) is 6.92 Å². The van der Waals surface area contributed by atoms with Gasteiger partial charge < -0.3 is 26.3 Å². The largest absolute Gasteiger partial charge is 0.488 e. The number of carbonyl (C=O) groups excluding carboxylic acids is 1. The Morgan fingerprint density at radius 2 is 2.20 bits per heavy atom. The molecule has 7 nitrogen and oxygen atoms in total. The zero-order chi connectivity index (χ0) is 21.5. The summed E-state index contributed by atoms with van der Waals surface area (Å²) in [6.07, 6.45) is 7.00. The maximum Gasteiger partial charge on any atom is 0.251 e. The summed E-state index contributed by atoms with van der Waals surface area (Å²) in [5, 5.41) is 3.70. The highest BCUT2D eigenvalue weighted by Gasteiger charge is 2.19. The summed E-state index contributed by atoms with van der Waals surface area (Å²) in [7, 11) is 0. The Hall–Kier alpha value is -2.84. The summed E-state index contributed by atoms with van der Waals surface area (Å²) in [4.78, 5) is 18.5. The van der Waals surface area contributed by atoms with E-state index in [1.807, 2.05) is 18.3 Å². The number of amides is 1. The molecular weight excluding hydrogens is 400 g/mol. The molecule has 1 atom stereocenters. The molecule has 0 unspecified atom stereocenters. The van der Waals surface area contributed by atoms with Gasteiger partial charge in [0, 0.05) is 40.0 Å². The Labute approximate surface area is 180 Å². The van der Waals surface area contributed by atoms with Crippen molar-refractivity contribution in [2.75, 3.05) is 19.8 Å². The zero-order valence-corrected chi connectivity index (χ0v) is 18.1. The van der Waals surface area contributed by atoms with Gasteiger partial charge in [0.05, 0.1) is 19.8 Å². The summed E-state index contributed by atoms with van der Waals surface area (Å²) in [6, 6.07) is 5.50. The number of hydrogen-bond acceptors (Lipinski definition) is 7. The van der Waals surface area contributed by atoms with Gasteiger partial charge in [0.1, 0.15) is 16.9 Å². The summed E-state index contributed by atoms with van der Waals surface area (Å²) in [5.74, 6) is 0.396.